The van der Waals surface area contributed by atoms with Gasteiger partial charge < -0.3 is 0 Å². The summed E-state index contributed by atoms with van der Waals surface area (Å²) in [5.74, 6) is -2.75. The van der Waals surface area contributed by atoms with E-state index >= 15 is 0 Å². The SMILES string of the molecule is O=S(=O)(c1ccc(CSc2ccc(Br)cc2)cc1)C(F)F. The van der Waals surface area contributed by atoms with Crippen LogP contribution in [0.2, 0.25) is 0 Å². The van der Waals surface area contributed by atoms with Gasteiger partial charge in [-0.3, -0.25) is 0 Å². The van der Waals surface area contributed by atoms with E-state index in [1.54, 1.807) is 23.9 Å². The molecule has 0 radical (unpaired) electrons. The Morgan fingerprint density at radius 3 is 2.10 bits per heavy atom. The maximum atomic E-state index is 12.4. The standard InChI is InChI=1S/C14H11BrF2O2S2/c15-11-3-5-12(6-4-11)20-9-10-1-7-13(8-2-10)21(18,19)14(16)17/h1-8,14H,9H2. The van der Waals surface area contributed by atoms with Crippen LogP contribution >= 0.6 is 27.7 Å². The van der Waals surface area contributed by atoms with Crippen LogP contribution in [0.1, 0.15) is 5.56 Å². The summed E-state index contributed by atoms with van der Waals surface area (Å²) >= 11 is 4.94. The Morgan fingerprint density at radius 2 is 1.57 bits per heavy atom. The van der Waals surface area contributed by atoms with Crippen molar-refractivity contribution in [3.05, 3.63) is 58.6 Å². The molecule has 0 amide bonds. The Labute approximate surface area is 134 Å². The number of alkyl halides is 2. The van der Waals surface area contributed by atoms with Crippen molar-refractivity contribution in [2.45, 2.75) is 21.3 Å². The van der Waals surface area contributed by atoms with Gasteiger partial charge in [0.05, 0.1) is 4.90 Å². The molecule has 0 unspecified atom stereocenters. The van der Waals surface area contributed by atoms with E-state index in [0.717, 1.165) is 14.9 Å². The molecule has 0 bridgehead atoms. The maximum Gasteiger partial charge on any atom is 0.341 e. The van der Waals surface area contributed by atoms with Crippen molar-refractivity contribution in [3.63, 3.8) is 0 Å². The molecule has 2 rings (SSSR count). The largest absolute Gasteiger partial charge is 0.341 e. The van der Waals surface area contributed by atoms with Crippen molar-refractivity contribution >= 4 is 37.5 Å². The number of halogens is 3. The maximum absolute atomic E-state index is 12.4. The van der Waals surface area contributed by atoms with Crippen LogP contribution in [0.15, 0.2) is 62.8 Å². The van der Waals surface area contributed by atoms with Gasteiger partial charge in [-0.25, -0.2) is 8.42 Å². The molecule has 0 saturated heterocycles. The fourth-order valence-corrected chi connectivity index (χ4v) is 3.42. The highest BCUT2D eigenvalue weighted by Gasteiger charge is 2.26. The number of rotatable bonds is 5. The molecular weight excluding hydrogens is 382 g/mol. The van der Waals surface area contributed by atoms with Gasteiger partial charge in [-0.15, -0.1) is 11.8 Å². The topological polar surface area (TPSA) is 34.1 Å². The number of benzene rings is 2. The molecule has 0 saturated carbocycles. The Balaban J connectivity index is 2.05. The summed E-state index contributed by atoms with van der Waals surface area (Å²) in [5, 5.41) is 0. The lowest BCUT2D eigenvalue weighted by Crippen LogP contribution is -2.11. The normalized spacial score (nSPS) is 11.8. The molecule has 2 aromatic rings. The van der Waals surface area contributed by atoms with Gasteiger partial charge >= 0.3 is 5.76 Å². The third-order valence-electron chi connectivity index (χ3n) is 2.71. The highest BCUT2D eigenvalue weighted by atomic mass is 79.9. The molecule has 21 heavy (non-hydrogen) atoms. The average Bonchev–Trinajstić information content (AvgIpc) is 2.47. The fraction of sp³-hybridized carbons (Fsp3) is 0.143. The molecule has 7 heteroatoms. The van der Waals surface area contributed by atoms with Gasteiger partial charge in [0.1, 0.15) is 0 Å². The smallest absolute Gasteiger partial charge is 0.218 e. The quantitative estimate of drug-likeness (QED) is 0.689. The molecule has 0 aromatic heterocycles. The van der Waals surface area contributed by atoms with E-state index in [2.05, 4.69) is 15.9 Å². The predicted octanol–water partition coefficient (Wildman–Crippen LogP) is 4.74. The van der Waals surface area contributed by atoms with Crippen LogP contribution in [0.25, 0.3) is 0 Å². The third kappa shape index (κ3) is 4.28. The number of hydrogen-bond donors (Lipinski definition) is 0. The fourth-order valence-electron chi connectivity index (χ4n) is 1.58. The van der Waals surface area contributed by atoms with Gasteiger partial charge in [-0.2, -0.15) is 8.78 Å². The molecule has 0 fully saturated rings. The second kappa shape index (κ2) is 6.89. The van der Waals surface area contributed by atoms with Crippen molar-refractivity contribution in [3.8, 4) is 0 Å². The first-order valence-electron chi connectivity index (χ1n) is 5.89. The molecular formula is C14H11BrF2O2S2. The van der Waals surface area contributed by atoms with Crippen LogP contribution in [0, 0.1) is 0 Å². The Hall–Kier alpha value is -0.920. The highest BCUT2D eigenvalue weighted by molar-refractivity contribution is 9.10. The summed E-state index contributed by atoms with van der Waals surface area (Å²) < 4.78 is 48.4. The number of sulfone groups is 1. The second-order valence-electron chi connectivity index (χ2n) is 4.19. The Morgan fingerprint density at radius 1 is 1.00 bits per heavy atom. The molecule has 0 atom stereocenters. The Bertz CT molecular complexity index is 699. The summed E-state index contributed by atoms with van der Waals surface area (Å²) in [4.78, 5) is 0.720. The Kier molecular flexibility index (Phi) is 5.40. The zero-order chi connectivity index (χ0) is 15.5. The van der Waals surface area contributed by atoms with E-state index in [9.17, 15) is 17.2 Å². The summed E-state index contributed by atoms with van der Waals surface area (Å²) in [6.45, 7) is 0. The van der Waals surface area contributed by atoms with Gasteiger partial charge in [-0.1, -0.05) is 28.1 Å². The van der Waals surface area contributed by atoms with Crippen LogP contribution in [-0.4, -0.2) is 14.2 Å². The van der Waals surface area contributed by atoms with Gasteiger partial charge in [0.2, 0.25) is 9.84 Å². The zero-order valence-electron chi connectivity index (χ0n) is 10.7. The van der Waals surface area contributed by atoms with Crippen molar-refractivity contribution in [1.82, 2.24) is 0 Å². The van der Waals surface area contributed by atoms with E-state index < -0.39 is 15.6 Å². The lowest BCUT2D eigenvalue weighted by molar-refractivity contribution is 0.234. The first-order valence-corrected chi connectivity index (χ1v) is 9.21. The van der Waals surface area contributed by atoms with Crippen molar-refractivity contribution < 1.29 is 17.2 Å². The highest BCUT2D eigenvalue weighted by Crippen LogP contribution is 2.25. The molecule has 112 valence electrons. The van der Waals surface area contributed by atoms with Gasteiger partial charge in [0.15, 0.2) is 0 Å². The van der Waals surface area contributed by atoms with E-state index in [0.29, 0.717) is 5.75 Å². The van der Waals surface area contributed by atoms with Crippen LogP contribution < -0.4 is 0 Å². The van der Waals surface area contributed by atoms with Crippen molar-refractivity contribution in [1.29, 1.82) is 0 Å². The molecule has 0 spiro atoms. The zero-order valence-corrected chi connectivity index (χ0v) is 13.9. The number of hydrogen-bond acceptors (Lipinski definition) is 3. The van der Waals surface area contributed by atoms with Gasteiger partial charge in [-0.05, 0) is 42.0 Å². The first-order chi connectivity index (χ1) is 9.89. The van der Waals surface area contributed by atoms with Gasteiger partial charge in [0.25, 0.3) is 0 Å². The van der Waals surface area contributed by atoms with E-state index in [1.165, 1.54) is 12.1 Å². The summed E-state index contributed by atoms with van der Waals surface area (Å²) in [5.41, 5.74) is 0.871. The number of thioether (sulfide) groups is 1. The molecule has 0 heterocycles. The molecule has 2 nitrogen and oxygen atoms in total. The van der Waals surface area contributed by atoms with Crippen LogP contribution in [-0.2, 0) is 15.6 Å². The predicted molar refractivity (Wildman–Crippen MR) is 83.3 cm³/mol. The summed E-state index contributed by atoms with van der Waals surface area (Å²) in [6.07, 6.45) is 0. The molecule has 0 aliphatic heterocycles. The molecule has 0 aliphatic carbocycles. The van der Waals surface area contributed by atoms with Crippen LogP contribution in [0.5, 0.6) is 0 Å². The molecule has 0 N–H and O–H groups in total. The average molecular weight is 393 g/mol. The van der Waals surface area contributed by atoms with Crippen molar-refractivity contribution in [2.24, 2.45) is 0 Å². The minimum atomic E-state index is -4.51. The molecule has 2 aromatic carbocycles. The third-order valence-corrected chi connectivity index (χ3v) is 5.72. The minimum Gasteiger partial charge on any atom is -0.218 e. The first kappa shape index (κ1) is 16.5. The lowest BCUT2D eigenvalue weighted by Gasteiger charge is -2.05. The van der Waals surface area contributed by atoms with E-state index in [-0.39, 0.29) is 4.90 Å². The second-order valence-corrected chi connectivity index (χ2v) is 8.07. The van der Waals surface area contributed by atoms with E-state index in [4.69, 9.17) is 0 Å². The lowest BCUT2D eigenvalue weighted by atomic mass is 10.2. The van der Waals surface area contributed by atoms with Gasteiger partial charge in [0, 0.05) is 15.1 Å². The molecule has 0 aliphatic rings. The van der Waals surface area contributed by atoms with Crippen LogP contribution in [0.4, 0.5) is 8.78 Å². The van der Waals surface area contributed by atoms with Crippen LogP contribution in [0.3, 0.4) is 0 Å². The van der Waals surface area contributed by atoms with E-state index in [1.807, 2.05) is 24.3 Å². The minimum absolute atomic E-state index is 0.352. The summed E-state index contributed by atoms with van der Waals surface area (Å²) in [7, 11) is -4.51. The summed E-state index contributed by atoms with van der Waals surface area (Å²) in [6, 6.07) is 13.3. The monoisotopic (exact) mass is 392 g/mol. The van der Waals surface area contributed by atoms with Crippen molar-refractivity contribution in [2.75, 3.05) is 0 Å².